The molecule has 0 bridgehead atoms. The molecule has 0 aliphatic carbocycles. The number of hydrogen-bond donors (Lipinski definition) is 2. The number of hydrogen-bond acceptors (Lipinski definition) is 4. The quantitative estimate of drug-likeness (QED) is 0.756. The summed E-state index contributed by atoms with van der Waals surface area (Å²) < 4.78 is 10.9. The Morgan fingerprint density at radius 2 is 1.90 bits per heavy atom. The van der Waals surface area contributed by atoms with Crippen LogP contribution in [0.5, 0.6) is 11.5 Å². The van der Waals surface area contributed by atoms with Crippen LogP contribution in [0.25, 0.3) is 0 Å². The highest BCUT2D eigenvalue weighted by molar-refractivity contribution is 7.80. The van der Waals surface area contributed by atoms with E-state index in [1.54, 1.807) is 25.1 Å². The minimum absolute atomic E-state index is 0.165. The van der Waals surface area contributed by atoms with Crippen molar-refractivity contribution in [3.8, 4) is 11.5 Å². The van der Waals surface area contributed by atoms with Gasteiger partial charge in [-0.2, -0.15) is 0 Å². The van der Waals surface area contributed by atoms with Crippen LogP contribution in [-0.4, -0.2) is 24.1 Å². The average molecular weight is 296 g/mol. The summed E-state index contributed by atoms with van der Waals surface area (Å²) in [5.41, 5.74) is 6.07. The van der Waals surface area contributed by atoms with Crippen molar-refractivity contribution in [3.05, 3.63) is 18.2 Å². The van der Waals surface area contributed by atoms with E-state index in [9.17, 15) is 4.79 Å². The van der Waals surface area contributed by atoms with E-state index in [1.165, 1.54) is 0 Å². The molecular formula is C14H20N2O3S. The molecule has 0 aliphatic rings. The number of carbonyl (C=O) groups is 1. The lowest BCUT2D eigenvalue weighted by Crippen LogP contribution is -2.30. The Morgan fingerprint density at radius 3 is 2.45 bits per heavy atom. The highest BCUT2D eigenvalue weighted by Crippen LogP contribution is 2.30. The second-order valence-electron chi connectivity index (χ2n) is 4.14. The highest BCUT2D eigenvalue weighted by atomic mass is 32.1. The van der Waals surface area contributed by atoms with Gasteiger partial charge in [-0.05, 0) is 32.9 Å². The van der Waals surface area contributed by atoms with Gasteiger partial charge in [0, 0.05) is 11.8 Å². The second-order valence-corrected chi connectivity index (χ2v) is 4.61. The molecule has 1 aromatic carbocycles. The number of ether oxygens (including phenoxy) is 2. The molecule has 110 valence electrons. The van der Waals surface area contributed by atoms with Gasteiger partial charge in [0.2, 0.25) is 5.91 Å². The van der Waals surface area contributed by atoms with E-state index < -0.39 is 5.92 Å². The number of nitrogens with one attached hydrogen (secondary N) is 1. The van der Waals surface area contributed by atoms with Crippen molar-refractivity contribution >= 4 is 28.8 Å². The van der Waals surface area contributed by atoms with Gasteiger partial charge in [-0.15, -0.1) is 0 Å². The molecule has 0 spiro atoms. The number of thiocarbonyl (C=S) groups is 1. The number of rotatable bonds is 7. The molecule has 3 N–H and O–H groups in total. The zero-order chi connectivity index (χ0) is 15.1. The normalized spacial score (nSPS) is 11.6. The maximum atomic E-state index is 11.9. The maximum absolute atomic E-state index is 11.9. The number of anilines is 1. The topological polar surface area (TPSA) is 73.6 Å². The zero-order valence-electron chi connectivity index (χ0n) is 11.9. The Morgan fingerprint density at radius 1 is 1.30 bits per heavy atom. The fraction of sp³-hybridized carbons (Fsp3) is 0.429. The van der Waals surface area contributed by atoms with E-state index in [-0.39, 0.29) is 10.9 Å². The smallest absolute Gasteiger partial charge is 0.234 e. The first-order valence-corrected chi connectivity index (χ1v) is 6.90. The lowest BCUT2D eigenvalue weighted by atomic mass is 10.1. The summed E-state index contributed by atoms with van der Waals surface area (Å²) in [5, 5.41) is 2.75. The first kappa shape index (κ1) is 16.2. The Bertz CT molecular complexity index is 491. The molecule has 20 heavy (non-hydrogen) atoms. The van der Waals surface area contributed by atoms with Crippen LogP contribution in [0.4, 0.5) is 5.69 Å². The van der Waals surface area contributed by atoms with E-state index in [2.05, 4.69) is 5.32 Å². The summed E-state index contributed by atoms with van der Waals surface area (Å²) in [6, 6.07) is 5.23. The van der Waals surface area contributed by atoms with Crippen LogP contribution < -0.4 is 20.5 Å². The van der Waals surface area contributed by atoms with Crippen molar-refractivity contribution in [1.29, 1.82) is 0 Å². The van der Waals surface area contributed by atoms with E-state index in [1.807, 2.05) is 13.8 Å². The van der Waals surface area contributed by atoms with Gasteiger partial charge in [0.15, 0.2) is 11.5 Å². The third-order valence-corrected chi connectivity index (χ3v) is 2.98. The van der Waals surface area contributed by atoms with Gasteiger partial charge in [0.1, 0.15) is 0 Å². The Hall–Kier alpha value is -1.82. The minimum atomic E-state index is -0.521. The standard InChI is InChI=1S/C14H20N2O3S/c1-4-18-11-7-6-10(8-12(11)19-5-2)16-14(17)9(3)13(15)20/h6-9H,4-5H2,1-3H3,(H2,15,20)(H,16,17). The van der Waals surface area contributed by atoms with Crippen molar-refractivity contribution in [2.75, 3.05) is 18.5 Å². The van der Waals surface area contributed by atoms with E-state index in [4.69, 9.17) is 27.4 Å². The zero-order valence-corrected chi connectivity index (χ0v) is 12.8. The van der Waals surface area contributed by atoms with Crippen LogP contribution in [0.1, 0.15) is 20.8 Å². The largest absolute Gasteiger partial charge is 0.490 e. The number of benzene rings is 1. The first-order valence-electron chi connectivity index (χ1n) is 6.49. The molecule has 1 amide bonds. The molecule has 0 aromatic heterocycles. The molecule has 0 saturated carbocycles. The highest BCUT2D eigenvalue weighted by Gasteiger charge is 2.16. The van der Waals surface area contributed by atoms with Gasteiger partial charge in [-0.3, -0.25) is 4.79 Å². The summed E-state index contributed by atoms with van der Waals surface area (Å²) in [5.74, 6) is 0.473. The van der Waals surface area contributed by atoms with E-state index in [0.717, 1.165) is 0 Å². The van der Waals surface area contributed by atoms with Crippen molar-refractivity contribution in [2.24, 2.45) is 11.7 Å². The van der Waals surface area contributed by atoms with E-state index in [0.29, 0.717) is 30.4 Å². The predicted molar refractivity (Wildman–Crippen MR) is 83.4 cm³/mol. The summed E-state index contributed by atoms with van der Waals surface area (Å²) in [6.45, 7) is 6.51. The molecule has 1 atom stereocenters. The molecule has 1 aromatic rings. The van der Waals surface area contributed by atoms with Crippen molar-refractivity contribution in [3.63, 3.8) is 0 Å². The molecule has 0 fully saturated rings. The number of nitrogens with two attached hydrogens (primary N) is 1. The van der Waals surface area contributed by atoms with Crippen molar-refractivity contribution < 1.29 is 14.3 Å². The second kappa shape index (κ2) is 7.69. The molecule has 0 heterocycles. The van der Waals surface area contributed by atoms with Crippen LogP contribution in [-0.2, 0) is 4.79 Å². The van der Waals surface area contributed by atoms with Crippen LogP contribution in [0, 0.1) is 5.92 Å². The molecule has 0 saturated heterocycles. The summed E-state index contributed by atoms with van der Waals surface area (Å²) in [6.07, 6.45) is 0. The molecule has 1 unspecified atom stereocenters. The first-order chi connectivity index (χ1) is 9.49. The van der Waals surface area contributed by atoms with Gasteiger partial charge in [-0.25, -0.2) is 0 Å². The van der Waals surface area contributed by atoms with Crippen LogP contribution in [0.15, 0.2) is 18.2 Å². The maximum Gasteiger partial charge on any atom is 0.234 e. The summed E-state index contributed by atoms with van der Waals surface area (Å²) in [4.78, 5) is 12.0. The number of carbonyl (C=O) groups excluding carboxylic acids is 1. The number of amides is 1. The van der Waals surface area contributed by atoms with Crippen LogP contribution >= 0.6 is 12.2 Å². The average Bonchev–Trinajstić information content (AvgIpc) is 2.41. The molecule has 6 heteroatoms. The molecule has 0 radical (unpaired) electrons. The summed E-state index contributed by atoms with van der Waals surface area (Å²) in [7, 11) is 0. The molecular weight excluding hydrogens is 276 g/mol. The third kappa shape index (κ3) is 4.38. The van der Waals surface area contributed by atoms with E-state index >= 15 is 0 Å². The molecule has 1 rings (SSSR count). The predicted octanol–water partition coefficient (Wildman–Crippen LogP) is 2.34. The summed E-state index contributed by atoms with van der Waals surface area (Å²) >= 11 is 4.81. The molecule has 0 aliphatic heterocycles. The SMILES string of the molecule is CCOc1ccc(NC(=O)C(C)C(N)=S)cc1OCC. The monoisotopic (exact) mass is 296 g/mol. The minimum Gasteiger partial charge on any atom is -0.490 e. The fourth-order valence-corrected chi connectivity index (χ4v) is 1.62. The lowest BCUT2D eigenvalue weighted by Gasteiger charge is -2.14. The Labute approximate surface area is 124 Å². The molecule has 5 nitrogen and oxygen atoms in total. The van der Waals surface area contributed by atoms with Crippen molar-refractivity contribution in [2.45, 2.75) is 20.8 Å². The van der Waals surface area contributed by atoms with Gasteiger partial charge >= 0.3 is 0 Å². The van der Waals surface area contributed by atoms with Crippen molar-refractivity contribution in [1.82, 2.24) is 0 Å². The van der Waals surface area contributed by atoms with Gasteiger partial charge in [0.05, 0.1) is 24.1 Å². The van der Waals surface area contributed by atoms with Crippen LogP contribution in [0.2, 0.25) is 0 Å². The Balaban J connectivity index is 2.88. The third-order valence-electron chi connectivity index (χ3n) is 2.63. The van der Waals surface area contributed by atoms with Crippen LogP contribution in [0.3, 0.4) is 0 Å². The van der Waals surface area contributed by atoms with Gasteiger partial charge in [0.25, 0.3) is 0 Å². The van der Waals surface area contributed by atoms with Gasteiger partial charge < -0.3 is 20.5 Å². The fourth-order valence-electron chi connectivity index (χ4n) is 1.51. The lowest BCUT2D eigenvalue weighted by molar-refractivity contribution is -0.117. The Kier molecular flexibility index (Phi) is 6.24. The van der Waals surface area contributed by atoms with Gasteiger partial charge in [-0.1, -0.05) is 12.2 Å².